The fourth-order valence-corrected chi connectivity index (χ4v) is 4.15. The summed E-state index contributed by atoms with van der Waals surface area (Å²) in [6, 6.07) is 9.85. The van der Waals surface area contributed by atoms with Crippen LogP contribution in [0.3, 0.4) is 0 Å². The third kappa shape index (κ3) is 4.35. The highest BCUT2D eigenvalue weighted by atomic mass is 32.1. The van der Waals surface area contributed by atoms with Gasteiger partial charge in [-0.25, -0.2) is 9.18 Å². The standard InChI is InChI=1S/C19H19FN2O3S2/c1-11-16(18(23)25-10-9-24-2)17(22-19(26)21-11)15-8-7-14(27-15)12-5-3-4-6-13(12)20/h3-8,17H,9-10H2,1-2H3,(H2,21,22,26). The number of halogens is 1. The molecule has 27 heavy (non-hydrogen) atoms. The molecule has 0 spiro atoms. The zero-order valence-electron chi connectivity index (χ0n) is 14.9. The van der Waals surface area contributed by atoms with Crippen LogP contribution < -0.4 is 10.6 Å². The van der Waals surface area contributed by atoms with E-state index in [0.717, 1.165) is 9.75 Å². The minimum atomic E-state index is -0.459. The number of nitrogens with one attached hydrogen (secondary N) is 2. The third-order valence-electron chi connectivity index (χ3n) is 4.06. The summed E-state index contributed by atoms with van der Waals surface area (Å²) in [5.41, 5.74) is 1.60. The van der Waals surface area contributed by atoms with E-state index in [1.807, 2.05) is 12.1 Å². The Balaban J connectivity index is 1.91. The fraction of sp³-hybridized carbons (Fsp3) is 0.263. The quantitative estimate of drug-likeness (QED) is 0.435. The summed E-state index contributed by atoms with van der Waals surface area (Å²) in [5, 5.41) is 6.49. The maximum absolute atomic E-state index is 14.1. The van der Waals surface area contributed by atoms with Crippen molar-refractivity contribution in [1.29, 1.82) is 0 Å². The van der Waals surface area contributed by atoms with Crippen molar-refractivity contribution in [1.82, 2.24) is 10.6 Å². The fourth-order valence-electron chi connectivity index (χ4n) is 2.79. The smallest absolute Gasteiger partial charge is 0.338 e. The molecule has 3 rings (SSSR count). The highest BCUT2D eigenvalue weighted by Crippen LogP contribution is 2.37. The molecule has 1 aromatic heterocycles. The number of carbonyl (C=O) groups excluding carboxylic acids is 1. The zero-order valence-corrected chi connectivity index (χ0v) is 16.5. The van der Waals surface area contributed by atoms with E-state index in [0.29, 0.717) is 28.6 Å². The summed E-state index contributed by atoms with van der Waals surface area (Å²) in [7, 11) is 1.54. The second-order valence-corrected chi connectivity index (χ2v) is 7.40. The molecule has 1 aliphatic rings. The van der Waals surface area contributed by atoms with Crippen LogP contribution in [-0.4, -0.2) is 31.4 Å². The minimum absolute atomic E-state index is 0.161. The molecule has 0 aliphatic carbocycles. The Morgan fingerprint density at radius 2 is 2.04 bits per heavy atom. The van der Waals surface area contributed by atoms with Crippen molar-refractivity contribution in [3.05, 3.63) is 58.4 Å². The molecule has 142 valence electrons. The summed E-state index contributed by atoms with van der Waals surface area (Å²) in [4.78, 5) is 14.2. The molecule has 2 heterocycles. The average Bonchev–Trinajstić information content (AvgIpc) is 3.11. The molecule has 1 aromatic carbocycles. The van der Waals surface area contributed by atoms with Crippen molar-refractivity contribution in [3.8, 4) is 10.4 Å². The van der Waals surface area contributed by atoms with Crippen molar-refractivity contribution in [3.63, 3.8) is 0 Å². The van der Waals surface area contributed by atoms with Gasteiger partial charge in [-0.05, 0) is 37.3 Å². The van der Waals surface area contributed by atoms with Crippen LogP contribution in [0.5, 0.6) is 0 Å². The Kier molecular flexibility index (Phi) is 6.20. The molecule has 2 aromatic rings. The summed E-state index contributed by atoms with van der Waals surface area (Å²) >= 11 is 6.65. The van der Waals surface area contributed by atoms with E-state index in [1.165, 1.54) is 17.4 Å². The lowest BCUT2D eigenvalue weighted by molar-refractivity contribution is -0.140. The molecule has 0 radical (unpaired) electrons. The Morgan fingerprint density at radius 3 is 2.78 bits per heavy atom. The van der Waals surface area contributed by atoms with Crippen LogP contribution in [0.15, 0.2) is 47.7 Å². The Bertz CT molecular complexity index is 895. The van der Waals surface area contributed by atoms with Gasteiger partial charge >= 0.3 is 5.97 Å². The highest BCUT2D eigenvalue weighted by Gasteiger charge is 2.32. The number of thiocarbonyl (C=S) groups is 1. The lowest BCUT2D eigenvalue weighted by atomic mass is 10.0. The second-order valence-electron chi connectivity index (χ2n) is 5.88. The van der Waals surface area contributed by atoms with Crippen molar-refractivity contribution in [2.24, 2.45) is 0 Å². The topological polar surface area (TPSA) is 59.6 Å². The number of esters is 1. The number of ether oxygens (including phenoxy) is 2. The molecule has 1 unspecified atom stereocenters. The Labute approximate surface area is 166 Å². The number of benzene rings is 1. The number of thiophene rings is 1. The molecule has 1 atom stereocenters. The van der Waals surface area contributed by atoms with Crippen molar-refractivity contribution >= 4 is 34.6 Å². The molecule has 8 heteroatoms. The van der Waals surface area contributed by atoms with E-state index in [-0.39, 0.29) is 12.4 Å². The number of carbonyl (C=O) groups is 1. The largest absolute Gasteiger partial charge is 0.460 e. The van der Waals surface area contributed by atoms with Gasteiger partial charge in [-0.3, -0.25) is 0 Å². The molecule has 1 aliphatic heterocycles. The van der Waals surface area contributed by atoms with E-state index in [1.54, 1.807) is 32.2 Å². The first-order valence-corrected chi connectivity index (χ1v) is 9.52. The first-order chi connectivity index (χ1) is 13.0. The molecule has 5 nitrogen and oxygen atoms in total. The molecule has 0 saturated heterocycles. The predicted octanol–water partition coefficient (Wildman–Crippen LogP) is 3.54. The van der Waals surface area contributed by atoms with Crippen molar-refractivity contribution in [2.75, 3.05) is 20.3 Å². The maximum Gasteiger partial charge on any atom is 0.338 e. The molecular formula is C19H19FN2O3S2. The first kappa shape index (κ1) is 19.5. The number of allylic oxidation sites excluding steroid dienone is 1. The van der Waals surface area contributed by atoms with Crippen LogP contribution in [0.1, 0.15) is 17.8 Å². The van der Waals surface area contributed by atoms with Gasteiger partial charge in [0.2, 0.25) is 0 Å². The maximum atomic E-state index is 14.1. The number of rotatable bonds is 6. The Hall–Kier alpha value is -2.29. The molecule has 0 bridgehead atoms. The number of hydrogen-bond acceptors (Lipinski definition) is 5. The van der Waals surface area contributed by atoms with Crippen LogP contribution >= 0.6 is 23.6 Å². The van der Waals surface area contributed by atoms with Gasteiger partial charge in [0.15, 0.2) is 5.11 Å². The summed E-state index contributed by atoms with van der Waals surface area (Å²) in [5.74, 6) is -0.733. The molecule has 0 saturated carbocycles. The van der Waals surface area contributed by atoms with Crippen LogP contribution in [-0.2, 0) is 14.3 Å². The van der Waals surface area contributed by atoms with Gasteiger partial charge in [0.05, 0.1) is 18.2 Å². The SMILES string of the molecule is COCCOC(=O)C1=C(C)NC(=S)NC1c1ccc(-c2ccccc2F)s1. The van der Waals surface area contributed by atoms with E-state index < -0.39 is 12.0 Å². The Morgan fingerprint density at radius 1 is 1.26 bits per heavy atom. The van der Waals surface area contributed by atoms with Crippen molar-refractivity contribution < 1.29 is 18.7 Å². The molecule has 2 N–H and O–H groups in total. The lowest BCUT2D eigenvalue weighted by Crippen LogP contribution is -2.45. The van der Waals surface area contributed by atoms with E-state index in [4.69, 9.17) is 21.7 Å². The van der Waals surface area contributed by atoms with E-state index in [9.17, 15) is 9.18 Å². The monoisotopic (exact) mass is 406 g/mol. The molecular weight excluding hydrogens is 387 g/mol. The van der Waals surface area contributed by atoms with E-state index in [2.05, 4.69) is 10.6 Å². The van der Waals surface area contributed by atoms with Gasteiger partial charge in [-0.1, -0.05) is 18.2 Å². The lowest BCUT2D eigenvalue weighted by Gasteiger charge is -2.28. The second kappa shape index (κ2) is 8.60. The van der Waals surface area contributed by atoms with Gasteiger partial charge in [0.1, 0.15) is 12.4 Å². The van der Waals surface area contributed by atoms with Gasteiger partial charge in [-0.2, -0.15) is 0 Å². The normalized spacial score (nSPS) is 16.7. The third-order valence-corrected chi connectivity index (χ3v) is 5.46. The van der Waals surface area contributed by atoms with Crippen LogP contribution in [0, 0.1) is 5.82 Å². The van der Waals surface area contributed by atoms with Crippen LogP contribution in [0.4, 0.5) is 4.39 Å². The van der Waals surface area contributed by atoms with Gasteiger partial charge < -0.3 is 20.1 Å². The summed E-state index contributed by atoms with van der Waals surface area (Å²) < 4.78 is 24.3. The number of methoxy groups -OCH3 is 1. The van der Waals surface area contributed by atoms with Gasteiger partial charge in [-0.15, -0.1) is 11.3 Å². The zero-order chi connectivity index (χ0) is 19.4. The summed E-state index contributed by atoms with van der Waals surface area (Å²) in [6.45, 7) is 2.26. The highest BCUT2D eigenvalue weighted by molar-refractivity contribution is 7.80. The van der Waals surface area contributed by atoms with Gasteiger partial charge in [0.25, 0.3) is 0 Å². The van der Waals surface area contributed by atoms with E-state index >= 15 is 0 Å². The first-order valence-electron chi connectivity index (χ1n) is 8.30. The van der Waals surface area contributed by atoms with Gasteiger partial charge in [0, 0.05) is 28.1 Å². The summed E-state index contributed by atoms with van der Waals surface area (Å²) in [6.07, 6.45) is 0. The molecule has 0 fully saturated rings. The predicted molar refractivity (Wildman–Crippen MR) is 107 cm³/mol. The average molecular weight is 407 g/mol. The van der Waals surface area contributed by atoms with Crippen molar-refractivity contribution in [2.45, 2.75) is 13.0 Å². The van der Waals surface area contributed by atoms with Crippen LogP contribution in [0.2, 0.25) is 0 Å². The molecule has 0 amide bonds. The minimum Gasteiger partial charge on any atom is -0.460 e. The number of hydrogen-bond donors (Lipinski definition) is 2. The van der Waals surface area contributed by atoms with Crippen LogP contribution in [0.25, 0.3) is 10.4 Å².